The summed E-state index contributed by atoms with van der Waals surface area (Å²) in [5, 5.41) is 0. The molecule has 0 spiro atoms. The van der Waals surface area contributed by atoms with E-state index in [0.717, 1.165) is 24.0 Å². The third-order valence-electron chi connectivity index (χ3n) is 3.13. The highest BCUT2D eigenvalue weighted by molar-refractivity contribution is 5.99. The predicted molar refractivity (Wildman–Crippen MR) is 76.4 cm³/mol. The van der Waals surface area contributed by atoms with Crippen LogP contribution in [0.5, 0.6) is 0 Å². The lowest BCUT2D eigenvalue weighted by molar-refractivity contribution is 0.630. The molecule has 19 heavy (non-hydrogen) atoms. The van der Waals surface area contributed by atoms with Crippen LogP contribution in [-0.2, 0) is 0 Å². The molecule has 0 unspecified atom stereocenters. The smallest absolute Gasteiger partial charge is 0.143 e. The van der Waals surface area contributed by atoms with Crippen molar-refractivity contribution in [3.05, 3.63) is 58.9 Å². The van der Waals surface area contributed by atoms with Gasteiger partial charge in [-0.25, -0.2) is 10.2 Å². The van der Waals surface area contributed by atoms with Gasteiger partial charge in [0.05, 0.1) is 6.54 Å². The number of benzene rings is 1. The molecule has 0 radical (unpaired) electrons. The van der Waals surface area contributed by atoms with Crippen molar-refractivity contribution in [2.45, 2.75) is 19.8 Å². The average molecular weight is 259 g/mol. The van der Waals surface area contributed by atoms with Crippen molar-refractivity contribution < 1.29 is 4.39 Å². The minimum absolute atomic E-state index is 0.170. The van der Waals surface area contributed by atoms with E-state index in [1.165, 1.54) is 0 Å². The molecule has 100 valence electrons. The highest BCUT2D eigenvalue weighted by atomic mass is 19.1. The Labute approximate surface area is 112 Å². The van der Waals surface area contributed by atoms with Crippen LogP contribution in [0, 0.1) is 6.92 Å². The van der Waals surface area contributed by atoms with Gasteiger partial charge in [0.25, 0.3) is 0 Å². The van der Waals surface area contributed by atoms with E-state index in [-0.39, 0.29) is 5.83 Å². The summed E-state index contributed by atoms with van der Waals surface area (Å²) in [6, 6.07) is 7.81. The van der Waals surface area contributed by atoms with E-state index in [9.17, 15) is 4.39 Å². The number of allylic oxidation sites excluding steroid dienone is 2. The zero-order chi connectivity index (χ0) is 13.7. The van der Waals surface area contributed by atoms with Gasteiger partial charge < -0.3 is 5.43 Å². The molecule has 0 aliphatic heterocycles. The molecule has 1 aromatic rings. The van der Waals surface area contributed by atoms with Gasteiger partial charge in [-0.15, -0.1) is 0 Å². The van der Waals surface area contributed by atoms with Gasteiger partial charge in [-0.05, 0) is 31.4 Å². The first-order valence-corrected chi connectivity index (χ1v) is 6.34. The number of nitrogens with one attached hydrogen (secondary N) is 1. The summed E-state index contributed by atoms with van der Waals surface area (Å²) in [7, 11) is 0. The molecule has 1 aliphatic rings. The Kier molecular flexibility index (Phi) is 4.47. The van der Waals surface area contributed by atoms with Crippen molar-refractivity contribution in [2.24, 2.45) is 10.8 Å². The summed E-state index contributed by atoms with van der Waals surface area (Å²) in [5.74, 6) is 5.93. The van der Waals surface area contributed by atoms with E-state index in [1.54, 1.807) is 6.08 Å². The number of hydrogen-bond acceptors (Lipinski definition) is 2. The molecule has 1 aliphatic carbocycles. The minimum atomic E-state index is -0.170. The second kappa shape index (κ2) is 6.29. The lowest BCUT2D eigenvalue weighted by Gasteiger charge is -2.11. The number of nitrogens with zero attached hydrogens (tertiary/aromatic N) is 1. The van der Waals surface area contributed by atoms with E-state index >= 15 is 0 Å². The number of halogens is 1. The summed E-state index contributed by atoms with van der Waals surface area (Å²) < 4.78 is 13.6. The zero-order valence-electron chi connectivity index (χ0n) is 11.0. The first-order valence-electron chi connectivity index (χ1n) is 6.34. The Morgan fingerprint density at radius 2 is 2.05 bits per heavy atom. The molecule has 0 aromatic heterocycles. The molecule has 0 saturated heterocycles. The largest absolute Gasteiger partial charge is 0.308 e. The topological polar surface area (TPSA) is 50.4 Å². The first-order chi connectivity index (χ1) is 9.22. The minimum Gasteiger partial charge on any atom is -0.308 e. The number of aliphatic imine (C=N–C) groups is 1. The van der Waals surface area contributed by atoms with Crippen LogP contribution in [-0.4, -0.2) is 12.4 Å². The van der Waals surface area contributed by atoms with Gasteiger partial charge in [-0.3, -0.25) is 4.99 Å². The van der Waals surface area contributed by atoms with Crippen LogP contribution in [0.15, 0.2) is 52.8 Å². The maximum atomic E-state index is 13.6. The molecule has 3 N–H and O–H groups in total. The van der Waals surface area contributed by atoms with Crippen molar-refractivity contribution >= 4 is 5.84 Å². The maximum absolute atomic E-state index is 13.6. The SMILES string of the molecule is Cc1ccccc1C(=NCC1=CCCC=C1F)NN. The molecular formula is C15H18FN3. The van der Waals surface area contributed by atoms with Crippen molar-refractivity contribution in [1.82, 2.24) is 5.43 Å². The molecule has 0 fully saturated rings. The predicted octanol–water partition coefficient (Wildman–Crippen LogP) is 2.78. The Morgan fingerprint density at radius 3 is 2.74 bits per heavy atom. The van der Waals surface area contributed by atoms with E-state index < -0.39 is 0 Å². The van der Waals surface area contributed by atoms with Crippen LogP contribution in [0.4, 0.5) is 4.39 Å². The Bertz CT molecular complexity index is 544. The number of nitrogens with two attached hydrogens (primary N) is 1. The molecule has 0 heterocycles. The number of rotatable bonds is 3. The average Bonchev–Trinajstić information content (AvgIpc) is 2.43. The van der Waals surface area contributed by atoms with Crippen LogP contribution < -0.4 is 11.3 Å². The second-order valence-electron chi connectivity index (χ2n) is 4.48. The van der Waals surface area contributed by atoms with Crippen LogP contribution in [0.2, 0.25) is 0 Å². The fraction of sp³-hybridized carbons (Fsp3) is 0.267. The van der Waals surface area contributed by atoms with Gasteiger partial charge in [0.1, 0.15) is 11.7 Å². The summed E-state index contributed by atoms with van der Waals surface area (Å²) in [6.07, 6.45) is 5.13. The molecule has 0 bridgehead atoms. The third kappa shape index (κ3) is 3.29. The monoisotopic (exact) mass is 259 g/mol. The van der Waals surface area contributed by atoms with Gasteiger partial charge in [-0.1, -0.05) is 30.3 Å². The van der Waals surface area contributed by atoms with Crippen molar-refractivity contribution in [3.63, 3.8) is 0 Å². The lowest BCUT2D eigenvalue weighted by Crippen LogP contribution is -2.32. The second-order valence-corrected chi connectivity index (χ2v) is 4.48. The fourth-order valence-corrected chi connectivity index (χ4v) is 2.05. The van der Waals surface area contributed by atoms with Crippen LogP contribution in [0.25, 0.3) is 0 Å². The molecule has 1 aromatic carbocycles. The molecule has 0 amide bonds. The highest BCUT2D eigenvalue weighted by Crippen LogP contribution is 2.20. The van der Waals surface area contributed by atoms with E-state index in [2.05, 4.69) is 10.4 Å². The molecule has 0 saturated carbocycles. The zero-order valence-corrected chi connectivity index (χ0v) is 11.0. The third-order valence-corrected chi connectivity index (χ3v) is 3.13. The molecule has 0 atom stereocenters. The normalized spacial score (nSPS) is 15.8. The van der Waals surface area contributed by atoms with Gasteiger partial charge >= 0.3 is 0 Å². The molecular weight excluding hydrogens is 241 g/mol. The van der Waals surface area contributed by atoms with E-state index in [0.29, 0.717) is 18.0 Å². The van der Waals surface area contributed by atoms with Gasteiger partial charge in [-0.2, -0.15) is 0 Å². The summed E-state index contributed by atoms with van der Waals surface area (Å²) in [5.41, 5.74) is 5.24. The molecule has 3 nitrogen and oxygen atoms in total. The summed E-state index contributed by atoms with van der Waals surface area (Å²) in [6.45, 7) is 2.29. The number of hydrogen-bond donors (Lipinski definition) is 2. The van der Waals surface area contributed by atoms with Crippen LogP contribution in [0.3, 0.4) is 0 Å². The lowest BCUT2D eigenvalue weighted by atomic mass is 10.1. The van der Waals surface area contributed by atoms with Crippen LogP contribution >= 0.6 is 0 Å². The first kappa shape index (κ1) is 13.5. The summed E-state index contributed by atoms with van der Waals surface area (Å²) >= 11 is 0. The number of hydrazine groups is 1. The quantitative estimate of drug-likeness (QED) is 0.379. The van der Waals surface area contributed by atoms with E-state index in [4.69, 9.17) is 5.84 Å². The highest BCUT2D eigenvalue weighted by Gasteiger charge is 2.09. The fourth-order valence-electron chi connectivity index (χ4n) is 2.05. The van der Waals surface area contributed by atoms with Gasteiger partial charge in [0, 0.05) is 11.1 Å². The number of aryl methyl sites for hydroxylation is 1. The Morgan fingerprint density at radius 1 is 1.32 bits per heavy atom. The van der Waals surface area contributed by atoms with Crippen LogP contribution in [0.1, 0.15) is 24.0 Å². The van der Waals surface area contributed by atoms with E-state index in [1.807, 2.05) is 37.3 Å². The van der Waals surface area contributed by atoms with Crippen molar-refractivity contribution in [3.8, 4) is 0 Å². The van der Waals surface area contributed by atoms with Gasteiger partial charge in [0.15, 0.2) is 0 Å². The maximum Gasteiger partial charge on any atom is 0.143 e. The molecule has 2 rings (SSSR count). The number of amidine groups is 1. The van der Waals surface area contributed by atoms with Crippen molar-refractivity contribution in [1.29, 1.82) is 0 Å². The standard InChI is InChI=1S/C15H18FN3/c1-11-6-2-4-8-13(11)15(19-17)18-10-12-7-3-5-9-14(12)16/h2,4,6-9H,3,5,10,17H2,1H3,(H,18,19). The van der Waals surface area contributed by atoms with Gasteiger partial charge in [0.2, 0.25) is 0 Å². The molecule has 4 heteroatoms. The Hall–Kier alpha value is -1.94. The summed E-state index contributed by atoms with van der Waals surface area (Å²) in [4.78, 5) is 4.38. The van der Waals surface area contributed by atoms with Crippen molar-refractivity contribution in [2.75, 3.05) is 6.54 Å². The Balaban J connectivity index is 2.19.